The lowest BCUT2D eigenvalue weighted by Crippen LogP contribution is -2.45. The standard InChI is InChI=1S/C72H137NO5/c1-3-5-7-9-11-13-15-17-19-20-21-22-23-25-28-31-34-37-40-44-48-52-56-60-64-70(75)69(68-74)73-71(76)65-61-57-53-49-45-41-38-35-32-29-26-24-27-30-33-36-39-43-47-51-55-59-63-67-78-72(77)66-62-58-54-50-46-42-18-16-14-12-10-8-6-4-2/h16,18,24,27,29,32,69-70,74-75H,3-15,17,19-23,25-26,28,30-31,33-68H2,1-2H3,(H,73,76)/b18-16-,27-24-,32-29-. The van der Waals surface area contributed by atoms with E-state index in [4.69, 9.17) is 4.74 Å². The minimum absolute atomic E-state index is 0.000887. The first-order valence-corrected chi connectivity index (χ1v) is 35.2. The van der Waals surface area contributed by atoms with Crippen LogP contribution in [0, 0.1) is 0 Å². The van der Waals surface area contributed by atoms with Crippen molar-refractivity contribution in [3.05, 3.63) is 36.5 Å². The van der Waals surface area contributed by atoms with E-state index in [0.29, 0.717) is 25.9 Å². The zero-order chi connectivity index (χ0) is 56.4. The predicted octanol–water partition coefficient (Wildman–Crippen LogP) is 22.7. The predicted molar refractivity (Wildman–Crippen MR) is 343 cm³/mol. The molecule has 0 aliphatic heterocycles. The lowest BCUT2D eigenvalue weighted by molar-refractivity contribution is -0.143. The van der Waals surface area contributed by atoms with Gasteiger partial charge in [0.1, 0.15) is 0 Å². The van der Waals surface area contributed by atoms with E-state index >= 15 is 0 Å². The van der Waals surface area contributed by atoms with Crippen molar-refractivity contribution in [3.8, 4) is 0 Å². The van der Waals surface area contributed by atoms with Crippen LogP contribution < -0.4 is 5.32 Å². The summed E-state index contributed by atoms with van der Waals surface area (Å²) >= 11 is 0. The molecule has 0 radical (unpaired) electrons. The number of unbranched alkanes of at least 4 members (excludes halogenated alkanes) is 49. The molecular weight excluding hydrogens is 959 g/mol. The zero-order valence-electron chi connectivity index (χ0n) is 52.7. The van der Waals surface area contributed by atoms with Crippen LogP contribution in [-0.4, -0.2) is 47.4 Å². The minimum Gasteiger partial charge on any atom is -0.466 e. The molecule has 2 unspecified atom stereocenters. The second-order valence-corrected chi connectivity index (χ2v) is 24.2. The van der Waals surface area contributed by atoms with Crippen LogP contribution in [-0.2, 0) is 14.3 Å². The Morgan fingerprint density at radius 2 is 0.641 bits per heavy atom. The fraction of sp³-hybridized carbons (Fsp3) is 0.889. The fourth-order valence-electron chi connectivity index (χ4n) is 11.0. The molecule has 78 heavy (non-hydrogen) atoms. The molecule has 1 amide bonds. The van der Waals surface area contributed by atoms with Gasteiger partial charge in [-0.05, 0) is 83.5 Å². The average molecular weight is 1100 g/mol. The van der Waals surface area contributed by atoms with E-state index in [1.165, 1.54) is 295 Å². The first-order valence-electron chi connectivity index (χ1n) is 35.2. The molecule has 460 valence electrons. The third kappa shape index (κ3) is 63.3. The van der Waals surface area contributed by atoms with Gasteiger partial charge in [-0.1, -0.05) is 326 Å². The number of allylic oxidation sites excluding steroid dienone is 6. The quantitative estimate of drug-likeness (QED) is 0.0320. The van der Waals surface area contributed by atoms with Crippen LogP contribution in [0.3, 0.4) is 0 Å². The van der Waals surface area contributed by atoms with Gasteiger partial charge in [-0.15, -0.1) is 0 Å². The van der Waals surface area contributed by atoms with Crippen LogP contribution in [0.5, 0.6) is 0 Å². The number of carbonyl (C=O) groups is 2. The van der Waals surface area contributed by atoms with Crippen LogP contribution in [0.1, 0.15) is 386 Å². The number of nitrogens with one attached hydrogen (secondary N) is 1. The van der Waals surface area contributed by atoms with Crippen molar-refractivity contribution in [1.82, 2.24) is 5.32 Å². The molecule has 6 nitrogen and oxygen atoms in total. The summed E-state index contributed by atoms with van der Waals surface area (Å²) in [6, 6.07) is -0.551. The lowest BCUT2D eigenvalue weighted by Gasteiger charge is -2.22. The van der Waals surface area contributed by atoms with Crippen molar-refractivity contribution >= 4 is 11.9 Å². The van der Waals surface area contributed by atoms with Gasteiger partial charge in [-0.2, -0.15) is 0 Å². The number of ether oxygens (including phenoxy) is 1. The maximum Gasteiger partial charge on any atom is 0.305 e. The Morgan fingerprint density at radius 1 is 0.359 bits per heavy atom. The number of esters is 1. The second-order valence-electron chi connectivity index (χ2n) is 24.2. The summed E-state index contributed by atoms with van der Waals surface area (Å²) in [4.78, 5) is 24.6. The molecule has 0 spiro atoms. The number of aliphatic hydroxyl groups is 2. The lowest BCUT2D eigenvalue weighted by atomic mass is 10.0. The molecule has 6 heteroatoms. The van der Waals surface area contributed by atoms with Gasteiger partial charge in [-0.3, -0.25) is 9.59 Å². The number of hydrogen-bond donors (Lipinski definition) is 3. The van der Waals surface area contributed by atoms with Crippen molar-refractivity contribution in [2.45, 2.75) is 398 Å². The smallest absolute Gasteiger partial charge is 0.305 e. The summed E-state index contributed by atoms with van der Waals surface area (Å²) in [5.74, 6) is -0.0423. The highest BCUT2D eigenvalue weighted by Gasteiger charge is 2.20. The SMILES string of the molecule is CCCCCCC/C=C\CCCCCCCC(=O)OCCCCCCCCCCC/C=C\C/C=C\CCCCCCCCCC(=O)NC(CO)C(O)CCCCCCCCCCCCCCCCCCCCCCCCCC. The van der Waals surface area contributed by atoms with Crippen LogP contribution in [0.2, 0.25) is 0 Å². The van der Waals surface area contributed by atoms with Gasteiger partial charge in [-0.25, -0.2) is 0 Å². The fourth-order valence-corrected chi connectivity index (χ4v) is 11.0. The van der Waals surface area contributed by atoms with E-state index in [1.54, 1.807) is 0 Å². The number of carbonyl (C=O) groups excluding carboxylic acids is 2. The first kappa shape index (κ1) is 76.1. The van der Waals surface area contributed by atoms with E-state index in [1.807, 2.05) is 0 Å². The van der Waals surface area contributed by atoms with Crippen molar-refractivity contribution in [2.75, 3.05) is 13.2 Å². The highest BCUT2D eigenvalue weighted by Crippen LogP contribution is 2.18. The van der Waals surface area contributed by atoms with Gasteiger partial charge in [0.25, 0.3) is 0 Å². The molecule has 0 heterocycles. The Kier molecular flexibility index (Phi) is 65.9. The van der Waals surface area contributed by atoms with Crippen molar-refractivity contribution < 1.29 is 24.5 Å². The highest BCUT2D eigenvalue weighted by molar-refractivity contribution is 5.76. The number of rotatable bonds is 66. The van der Waals surface area contributed by atoms with Crippen molar-refractivity contribution in [3.63, 3.8) is 0 Å². The summed E-state index contributed by atoms with van der Waals surface area (Å²) in [5, 5.41) is 23.4. The van der Waals surface area contributed by atoms with E-state index < -0.39 is 12.1 Å². The summed E-state index contributed by atoms with van der Waals surface area (Å²) in [7, 11) is 0. The Balaban J connectivity index is 3.45. The molecule has 0 aromatic rings. The topological polar surface area (TPSA) is 95.9 Å². The molecule has 3 N–H and O–H groups in total. The third-order valence-corrected chi connectivity index (χ3v) is 16.4. The van der Waals surface area contributed by atoms with Crippen LogP contribution in [0.15, 0.2) is 36.5 Å². The van der Waals surface area contributed by atoms with E-state index in [9.17, 15) is 19.8 Å². The van der Waals surface area contributed by atoms with Gasteiger partial charge in [0.15, 0.2) is 0 Å². The molecule has 0 bridgehead atoms. The largest absolute Gasteiger partial charge is 0.466 e. The first-order chi connectivity index (χ1) is 38.5. The van der Waals surface area contributed by atoms with Gasteiger partial charge in [0.2, 0.25) is 5.91 Å². The van der Waals surface area contributed by atoms with Gasteiger partial charge < -0.3 is 20.3 Å². The maximum absolute atomic E-state index is 12.5. The van der Waals surface area contributed by atoms with E-state index in [2.05, 4.69) is 55.6 Å². The number of hydrogen-bond acceptors (Lipinski definition) is 5. The summed E-state index contributed by atoms with van der Waals surface area (Å²) in [6.45, 7) is 4.96. The monoisotopic (exact) mass is 1100 g/mol. The highest BCUT2D eigenvalue weighted by atomic mass is 16.5. The number of aliphatic hydroxyl groups excluding tert-OH is 2. The van der Waals surface area contributed by atoms with Crippen molar-refractivity contribution in [1.29, 1.82) is 0 Å². The Morgan fingerprint density at radius 3 is 0.987 bits per heavy atom. The molecule has 0 saturated heterocycles. The normalized spacial score (nSPS) is 12.7. The molecule has 0 aliphatic rings. The van der Waals surface area contributed by atoms with E-state index in [-0.39, 0.29) is 18.5 Å². The van der Waals surface area contributed by atoms with E-state index in [0.717, 1.165) is 57.8 Å². The Labute approximate surface area is 487 Å². The summed E-state index contributed by atoms with van der Waals surface area (Å²) < 4.78 is 5.48. The second kappa shape index (κ2) is 67.6. The van der Waals surface area contributed by atoms with Crippen LogP contribution >= 0.6 is 0 Å². The average Bonchev–Trinajstić information content (AvgIpc) is 3.44. The van der Waals surface area contributed by atoms with Crippen LogP contribution in [0.25, 0.3) is 0 Å². The third-order valence-electron chi connectivity index (χ3n) is 16.4. The summed E-state index contributed by atoms with van der Waals surface area (Å²) in [5.41, 5.74) is 0. The Bertz CT molecular complexity index is 1260. The minimum atomic E-state index is -0.673. The molecule has 0 saturated carbocycles. The van der Waals surface area contributed by atoms with Gasteiger partial charge in [0, 0.05) is 12.8 Å². The molecular formula is C72H137NO5. The van der Waals surface area contributed by atoms with Gasteiger partial charge >= 0.3 is 5.97 Å². The van der Waals surface area contributed by atoms with Gasteiger partial charge in [0.05, 0.1) is 25.4 Å². The van der Waals surface area contributed by atoms with Crippen molar-refractivity contribution in [2.24, 2.45) is 0 Å². The number of amides is 1. The Hall–Kier alpha value is -1.92. The maximum atomic E-state index is 12.5. The van der Waals surface area contributed by atoms with Crippen LogP contribution in [0.4, 0.5) is 0 Å². The molecule has 0 aromatic carbocycles. The molecule has 0 aliphatic carbocycles. The molecule has 0 rings (SSSR count). The molecule has 0 aromatic heterocycles. The molecule has 2 atom stereocenters. The zero-order valence-corrected chi connectivity index (χ0v) is 52.7. The summed E-state index contributed by atoms with van der Waals surface area (Å²) in [6.07, 6.45) is 86.1. The molecule has 0 fully saturated rings.